The zero-order chi connectivity index (χ0) is 19.6. The predicted molar refractivity (Wildman–Crippen MR) is 103 cm³/mol. The van der Waals surface area contributed by atoms with Crippen molar-refractivity contribution < 1.29 is 14.7 Å². The van der Waals surface area contributed by atoms with E-state index in [2.05, 4.69) is 29.2 Å². The van der Waals surface area contributed by atoms with Gasteiger partial charge in [-0.3, -0.25) is 19.2 Å². The third-order valence-corrected chi connectivity index (χ3v) is 6.07. The topological polar surface area (TPSA) is 87.5 Å². The van der Waals surface area contributed by atoms with Crippen LogP contribution >= 0.6 is 0 Å². The number of aromatic nitrogens is 2. The van der Waals surface area contributed by atoms with Crippen LogP contribution in [0.2, 0.25) is 0 Å². The number of carbonyl (C=O) groups is 2. The van der Waals surface area contributed by atoms with Crippen LogP contribution in [0.25, 0.3) is 0 Å². The van der Waals surface area contributed by atoms with Crippen LogP contribution in [0.3, 0.4) is 0 Å². The molecule has 0 aliphatic heterocycles. The molecule has 2 saturated carbocycles. The average Bonchev–Trinajstić information content (AvgIpc) is 3.32. The fourth-order valence-electron chi connectivity index (χ4n) is 4.06. The van der Waals surface area contributed by atoms with Crippen molar-refractivity contribution in [2.75, 3.05) is 13.1 Å². The van der Waals surface area contributed by atoms with Gasteiger partial charge in [0.25, 0.3) is 5.91 Å². The van der Waals surface area contributed by atoms with Crippen LogP contribution in [-0.4, -0.2) is 56.8 Å². The Morgan fingerprint density at radius 2 is 2.00 bits per heavy atom. The van der Waals surface area contributed by atoms with Crippen molar-refractivity contribution >= 4 is 11.9 Å². The van der Waals surface area contributed by atoms with Crippen molar-refractivity contribution in [3.05, 3.63) is 17.5 Å². The van der Waals surface area contributed by atoms with Gasteiger partial charge in [-0.25, -0.2) is 0 Å². The molecule has 2 aliphatic rings. The van der Waals surface area contributed by atoms with Crippen LogP contribution in [-0.2, 0) is 4.79 Å². The first kappa shape index (κ1) is 19.9. The molecule has 150 valence electrons. The van der Waals surface area contributed by atoms with Crippen molar-refractivity contribution in [3.8, 4) is 0 Å². The molecule has 7 heteroatoms. The first-order valence-electron chi connectivity index (χ1n) is 10.2. The number of carbonyl (C=O) groups excluding carboxylic acids is 1. The summed E-state index contributed by atoms with van der Waals surface area (Å²) in [6.45, 7) is 7.19. The molecule has 27 heavy (non-hydrogen) atoms. The van der Waals surface area contributed by atoms with E-state index in [1.807, 2.05) is 11.6 Å². The minimum Gasteiger partial charge on any atom is -0.480 e. The smallest absolute Gasteiger partial charge is 0.317 e. The molecule has 0 bridgehead atoms. The largest absolute Gasteiger partial charge is 0.480 e. The third kappa shape index (κ3) is 4.69. The Balaban J connectivity index is 1.53. The maximum atomic E-state index is 12.7. The number of carboxylic acid groups (broad SMARTS) is 1. The number of carboxylic acids is 1. The molecular weight excluding hydrogens is 344 g/mol. The van der Waals surface area contributed by atoms with Gasteiger partial charge >= 0.3 is 5.97 Å². The van der Waals surface area contributed by atoms with Crippen LogP contribution in [0.1, 0.15) is 74.5 Å². The second-order valence-electron chi connectivity index (χ2n) is 8.12. The molecule has 0 unspecified atom stereocenters. The Morgan fingerprint density at radius 1 is 1.33 bits per heavy atom. The molecule has 0 aromatic carbocycles. The molecule has 1 aromatic heterocycles. The van der Waals surface area contributed by atoms with Crippen LogP contribution in [0.15, 0.2) is 6.20 Å². The highest BCUT2D eigenvalue weighted by Gasteiger charge is 2.38. The van der Waals surface area contributed by atoms with Gasteiger partial charge in [-0.1, -0.05) is 13.8 Å². The maximum Gasteiger partial charge on any atom is 0.317 e. The van der Waals surface area contributed by atoms with E-state index in [1.54, 1.807) is 6.20 Å². The van der Waals surface area contributed by atoms with Crippen LogP contribution in [0.5, 0.6) is 0 Å². The maximum absolute atomic E-state index is 12.7. The van der Waals surface area contributed by atoms with Gasteiger partial charge in [-0.05, 0) is 51.4 Å². The molecule has 0 saturated heterocycles. The number of hydrogen-bond acceptors (Lipinski definition) is 4. The average molecular weight is 377 g/mol. The normalized spacial score (nSPS) is 22.1. The molecule has 2 fully saturated rings. The number of hydrogen-bond donors (Lipinski definition) is 2. The summed E-state index contributed by atoms with van der Waals surface area (Å²) >= 11 is 0. The number of rotatable bonds is 10. The summed E-state index contributed by atoms with van der Waals surface area (Å²) in [5.74, 6) is -0.177. The summed E-state index contributed by atoms with van der Waals surface area (Å²) < 4.78 is 1.96. The van der Waals surface area contributed by atoms with Crippen molar-refractivity contribution in [3.63, 3.8) is 0 Å². The predicted octanol–water partition coefficient (Wildman–Crippen LogP) is 2.61. The molecule has 1 heterocycles. The molecule has 2 aliphatic carbocycles. The fourth-order valence-corrected chi connectivity index (χ4v) is 4.06. The first-order chi connectivity index (χ1) is 12.9. The Hall–Kier alpha value is -1.89. The monoisotopic (exact) mass is 376 g/mol. The van der Waals surface area contributed by atoms with Gasteiger partial charge in [0, 0.05) is 24.3 Å². The van der Waals surface area contributed by atoms with Crippen LogP contribution < -0.4 is 5.32 Å². The zero-order valence-corrected chi connectivity index (χ0v) is 16.6. The minimum atomic E-state index is -0.771. The van der Waals surface area contributed by atoms with E-state index in [0.29, 0.717) is 17.5 Å². The van der Waals surface area contributed by atoms with Gasteiger partial charge in [0.15, 0.2) is 0 Å². The molecule has 7 nitrogen and oxygen atoms in total. The van der Waals surface area contributed by atoms with Crippen molar-refractivity contribution in [2.24, 2.45) is 5.92 Å². The van der Waals surface area contributed by atoms with E-state index >= 15 is 0 Å². The molecule has 0 spiro atoms. The lowest BCUT2D eigenvalue weighted by molar-refractivity contribution is -0.139. The van der Waals surface area contributed by atoms with Gasteiger partial charge in [0.05, 0.1) is 24.3 Å². The highest BCUT2D eigenvalue weighted by molar-refractivity contribution is 5.95. The van der Waals surface area contributed by atoms with Gasteiger partial charge in [0.2, 0.25) is 0 Å². The Labute approximate surface area is 161 Å². The SMILES string of the molecule is CCC(CC)n1ncc(C(=O)NC2CC(N(CC(=O)O)CC3CC3)C2)c1C. The van der Waals surface area contributed by atoms with E-state index in [4.69, 9.17) is 5.11 Å². The molecule has 3 rings (SSSR count). The quantitative estimate of drug-likeness (QED) is 0.655. The Morgan fingerprint density at radius 3 is 2.56 bits per heavy atom. The van der Waals surface area contributed by atoms with Gasteiger partial charge in [0.1, 0.15) is 0 Å². The highest BCUT2D eigenvalue weighted by Crippen LogP contribution is 2.34. The van der Waals surface area contributed by atoms with Gasteiger partial charge in [-0.15, -0.1) is 0 Å². The number of amides is 1. The van der Waals surface area contributed by atoms with Crippen molar-refractivity contribution in [2.45, 2.75) is 77.4 Å². The molecule has 1 aromatic rings. The highest BCUT2D eigenvalue weighted by atomic mass is 16.4. The van der Waals surface area contributed by atoms with Gasteiger partial charge < -0.3 is 10.4 Å². The van der Waals surface area contributed by atoms with E-state index in [-0.39, 0.29) is 24.5 Å². The lowest BCUT2D eigenvalue weighted by Gasteiger charge is -2.42. The van der Waals surface area contributed by atoms with E-state index in [9.17, 15) is 9.59 Å². The summed E-state index contributed by atoms with van der Waals surface area (Å²) in [6.07, 6.45) is 7.72. The summed E-state index contributed by atoms with van der Waals surface area (Å²) in [4.78, 5) is 25.9. The van der Waals surface area contributed by atoms with E-state index in [0.717, 1.165) is 37.9 Å². The molecule has 2 N–H and O–H groups in total. The molecule has 0 radical (unpaired) electrons. The lowest BCUT2D eigenvalue weighted by Crippen LogP contribution is -2.55. The second kappa shape index (κ2) is 8.42. The molecule has 1 amide bonds. The van der Waals surface area contributed by atoms with Crippen LogP contribution in [0, 0.1) is 12.8 Å². The molecule has 0 atom stereocenters. The fraction of sp³-hybridized carbons (Fsp3) is 0.750. The summed E-state index contributed by atoms with van der Waals surface area (Å²) in [5.41, 5.74) is 1.56. The van der Waals surface area contributed by atoms with Gasteiger partial charge in [-0.2, -0.15) is 5.10 Å². The first-order valence-corrected chi connectivity index (χ1v) is 10.2. The second-order valence-corrected chi connectivity index (χ2v) is 8.12. The summed E-state index contributed by atoms with van der Waals surface area (Å²) in [5, 5.41) is 16.7. The van der Waals surface area contributed by atoms with E-state index in [1.165, 1.54) is 12.8 Å². The van der Waals surface area contributed by atoms with E-state index < -0.39 is 5.97 Å². The van der Waals surface area contributed by atoms with Crippen molar-refractivity contribution in [1.82, 2.24) is 20.0 Å². The third-order valence-electron chi connectivity index (χ3n) is 6.07. The molecular formula is C20H32N4O3. The zero-order valence-electron chi connectivity index (χ0n) is 16.6. The number of aliphatic carboxylic acids is 1. The standard InChI is InChI=1S/C20H32N4O3/c1-4-16(5-2)24-13(3)18(10-21-24)20(27)22-15-8-17(9-15)23(12-19(25)26)11-14-6-7-14/h10,14-17H,4-9,11-12H2,1-3H3,(H,22,27)(H,25,26). The number of nitrogens with zero attached hydrogens (tertiary/aromatic N) is 3. The van der Waals surface area contributed by atoms with Crippen LogP contribution in [0.4, 0.5) is 0 Å². The lowest BCUT2D eigenvalue weighted by atomic mass is 9.85. The summed E-state index contributed by atoms with van der Waals surface area (Å²) in [7, 11) is 0. The number of nitrogens with one attached hydrogen (secondary N) is 1. The Bertz CT molecular complexity index is 673. The van der Waals surface area contributed by atoms with Crippen molar-refractivity contribution in [1.29, 1.82) is 0 Å². The minimum absolute atomic E-state index is 0.0693. The Kier molecular flexibility index (Phi) is 6.19. The summed E-state index contributed by atoms with van der Waals surface area (Å²) in [6, 6.07) is 0.709.